The van der Waals surface area contributed by atoms with Crippen molar-refractivity contribution >= 4 is 5.69 Å². The third kappa shape index (κ3) is 4.80. The van der Waals surface area contributed by atoms with Crippen molar-refractivity contribution in [3.8, 4) is 5.75 Å². The fraction of sp³-hybridized carbons (Fsp3) is 0.400. The van der Waals surface area contributed by atoms with Crippen molar-refractivity contribution < 1.29 is 4.74 Å². The highest BCUT2D eigenvalue weighted by atomic mass is 16.5. The SMILES string of the molecule is Cc1cccc(NCC(C)Oc2ccc(C(C)(C)C)cc2)c1. The van der Waals surface area contributed by atoms with Crippen LogP contribution in [0.1, 0.15) is 38.8 Å². The highest BCUT2D eigenvalue weighted by molar-refractivity contribution is 5.45. The molecule has 2 rings (SSSR count). The van der Waals surface area contributed by atoms with Gasteiger partial charge >= 0.3 is 0 Å². The van der Waals surface area contributed by atoms with E-state index in [1.807, 2.05) is 0 Å². The molecule has 0 heterocycles. The lowest BCUT2D eigenvalue weighted by atomic mass is 9.87. The van der Waals surface area contributed by atoms with Gasteiger partial charge in [-0.1, -0.05) is 45.0 Å². The minimum absolute atomic E-state index is 0.112. The van der Waals surface area contributed by atoms with Gasteiger partial charge < -0.3 is 10.1 Å². The molecule has 1 unspecified atom stereocenters. The molecule has 2 heteroatoms. The molecule has 1 atom stereocenters. The zero-order chi connectivity index (χ0) is 16.2. The van der Waals surface area contributed by atoms with Crippen molar-refractivity contribution in [1.29, 1.82) is 0 Å². The first-order chi connectivity index (χ1) is 10.3. The van der Waals surface area contributed by atoms with E-state index in [4.69, 9.17) is 4.74 Å². The molecule has 0 aromatic heterocycles. The molecule has 118 valence electrons. The number of aryl methyl sites for hydroxylation is 1. The van der Waals surface area contributed by atoms with Gasteiger partial charge in [0, 0.05) is 5.69 Å². The van der Waals surface area contributed by atoms with Gasteiger partial charge in [-0.05, 0) is 54.7 Å². The second kappa shape index (κ2) is 6.87. The molecule has 0 aliphatic carbocycles. The summed E-state index contributed by atoms with van der Waals surface area (Å²) in [7, 11) is 0. The molecule has 2 nitrogen and oxygen atoms in total. The summed E-state index contributed by atoms with van der Waals surface area (Å²) in [6, 6.07) is 16.8. The molecule has 2 aromatic rings. The van der Waals surface area contributed by atoms with Crippen LogP contribution >= 0.6 is 0 Å². The molecule has 0 saturated carbocycles. The predicted molar refractivity (Wildman–Crippen MR) is 94.9 cm³/mol. The largest absolute Gasteiger partial charge is 0.489 e. The topological polar surface area (TPSA) is 21.3 Å². The van der Waals surface area contributed by atoms with Crippen molar-refractivity contribution in [2.45, 2.75) is 46.1 Å². The van der Waals surface area contributed by atoms with Crippen LogP contribution in [0.25, 0.3) is 0 Å². The zero-order valence-electron chi connectivity index (χ0n) is 14.3. The Bertz CT molecular complexity index is 596. The molecule has 0 saturated heterocycles. The van der Waals surface area contributed by atoms with Crippen LogP contribution in [0.4, 0.5) is 5.69 Å². The van der Waals surface area contributed by atoms with Crippen molar-refractivity contribution in [2.75, 3.05) is 11.9 Å². The number of ether oxygens (including phenoxy) is 1. The fourth-order valence-electron chi connectivity index (χ4n) is 2.32. The summed E-state index contributed by atoms with van der Waals surface area (Å²) < 4.78 is 5.97. The minimum atomic E-state index is 0.112. The average Bonchev–Trinajstić information content (AvgIpc) is 2.45. The van der Waals surface area contributed by atoms with Gasteiger partial charge in [-0.25, -0.2) is 0 Å². The molecule has 1 N–H and O–H groups in total. The second-order valence-electron chi connectivity index (χ2n) is 6.95. The Balaban J connectivity index is 1.88. The summed E-state index contributed by atoms with van der Waals surface area (Å²) in [5.41, 5.74) is 3.90. The maximum atomic E-state index is 5.97. The van der Waals surface area contributed by atoms with Gasteiger partial charge in [-0.2, -0.15) is 0 Å². The number of hydrogen-bond acceptors (Lipinski definition) is 2. The van der Waals surface area contributed by atoms with Gasteiger partial charge in [0.25, 0.3) is 0 Å². The van der Waals surface area contributed by atoms with Crippen LogP contribution in [0.2, 0.25) is 0 Å². The van der Waals surface area contributed by atoms with Crippen LogP contribution in [0, 0.1) is 6.92 Å². The molecule has 0 amide bonds. The van der Waals surface area contributed by atoms with Crippen molar-refractivity contribution in [3.05, 3.63) is 59.7 Å². The Hall–Kier alpha value is -1.96. The van der Waals surface area contributed by atoms with Gasteiger partial charge in [-0.3, -0.25) is 0 Å². The number of nitrogens with one attached hydrogen (secondary N) is 1. The van der Waals surface area contributed by atoms with E-state index in [0.29, 0.717) is 0 Å². The van der Waals surface area contributed by atoms with E-state index < -0.39 is 0 Å². The summed E-state index contributed by atoms with van der Waals surface area (Å²) in [6.07, 6.45) is 0.112. The number of rotatable bonds is 5. The Morgan fingerprint density at radius 3 is 2.32 bits per heavy atom. The Morgan fingerprint density at radius 2 is 1.73 bits per heavy atom. The van der Waals surface area contributed by atoms with E-state index in [1.54, 1.807) is 0 Å². The van der Waals surface area contributed by atoms with Crippen LogP contribution < -0.4 is 10.1 Å². The van der Waals surface area contributed by atoms with E-state index in [9.17, 15) is 0 Å². The summed E-state index contributed by atoms with van der Waals surface area (Å²) in [5.74, 6) is 0.923. The first-order valence-electron chi connectivity index (χ1n) is 7.92. The maximum Gasteiger partial charge on any atom is 0.119 e. The third-order valence-corrected chi connectivity index (χ3v) is 3.67. The first kappa shape index (κ1) is 16.4. The predicted octanol–water partition coefficient (Wildman–Crippen LogP) is 5.17. The van der Waals surface area contributed by atoms with Crippen LogP contribution in [-0.2, 0) is 5.41 Å². The molecule has 0 aliphatic heterocycles. The van der Waals surface area contributed by atoms with Crippen LogP contribution in [0.5, 0.6) is 5.75 Å². The number of benzene rings is 2. The third-order valence-electron chi connectivity index (χ3n) is 3.67. The van der Waals surface area contributed by atoms with Gasteiger partial charge in [-0.15, -0.1) is 0 Å². The molecule has 0 fully saturated rings. The lowest BCUT2D eigenvalue weighted by molar-refractivity contribution is 0.234. The molecular formula is C20H27NO. The van der Waals surface area contributed by atoms with Crippen LogP contribution in [0.3, 0.4) is 0 Å². The number of anilines is 1. The zero-order valence-corrected chi connectivity index (χ0v) is 14.3. The Kier molecular flexibility index (Phi) is 5.12. The van der Waals surface area contributed by atoms with Crippen molar-refractivity contribution in [1.82, 2.24) is 0 Å². The Morgan fingerprint density at radius 1 is 1.05 bits per heavy atom. The fourth-order valence-corrected chi connectivity index (χ4v) is 2.32. The first-order valence-corrected chi connectivity index (χ1v) is 7.92. The highest BCUT2D eigenvalue weighted by Crippen LogP contribution is 2.24. The van der Waals surface area contributed by atoms with E-state index in [2.05, 4.69) is 88.5 Å². The van der Waals surface area contributed by atoms with E-state index in [0.717, 1.165) is 18.0 Å². The lowest BCUT2D eigenvalue weighted by Crippen LogP contribution is -2.22. The van der Waals surface area contributed by atoms with E-state index >= 15 is 0 Å². The molecule has 0 spiro atoms. The lowest BCUT2D eigenvalue weighted by Gasteiger charge is -2.20. The van der Waals surface area contributed by atoms with E-state index in [1.165, 1.54) is 11.1 Å². The van der Waals surface area contributed by atoms with Gasteiger partial charge in [0.2, 0.25) is 0 Å². The molecule has 0 radical (unpaired) electrons. The van der Waals surface area contributed by atoms with Crippen molar-refractivity contribution in [2.24, 2.45) is 0 Å². The maximum absolute atomic E-state index is 5.97. The monoisotopic (exact) mass is 297 g/mol. The normalized spacial score (nSPS) is 12.8. The quantitative estimate of drug-likeness (QED) is 0.822. The molecular weight excluding hydrogens is 270 g/mol. The van der Waals surface area contributed by atoms with Crippen molar-refractivity contribution in [3.63, 3.8) is 0 Å². The standard InChI is InChI=1S/C20H27NO/c1-15-7-6-8-18(13-15)21-14-16(2)22-19-11-9-17(10-12-19)20(3,4)5/h6-13,16,21H,14H2,1-5H3. The molecule has 0 aliphatic rings. The van der Waals surface area contributed by atoms with Gasteiger partial charge in [0.15, 0.2) is 0 Å². The smallest absolute Gasteiger partial charge is 0.119 e. The molecule has 0 bridgehead atoms. The summed E-state index contributed by atoms with van der Waals surface area (Å²) >= 11 is 0. The summed E-state index contributed by atoms with van der Waals surface area (Å²) in [6.45, 7) is 11.6. The minimum Gasteiger partial charge on any atom is -0.489 e. The second-order valence-corrected chi connectivity index (χ2v) is 6.95. The van der Waals surface area contributed by atoms with E-state index in [-0.39, 0.29) is 11.5 Å². The summed E-state index contributed by atoms with van der Waals surface area (Å²) in [4.78, 5) is 0. The number of hydrogen-bond donors (Lipinski definition) is 1. The highest BCUT2D eigenvalue weighted by Gasteiger charge is 2.13. The van der Waals surface area contributed by atoms with Gasteiger partial charge in [0.05, 0.1) is 6.54 Å². The summed E-state index contributed by atoms with van der Waals surface area (Å²) in [5, 5.41) is 3.42. The van der Waals surface area contributed by atoms with Crippen LogP contribution in [0.15, 0.2) is 48.5 Å². The molecule has 2 aromatic carbocycles. The Labute approximate surface area is 134 Å². The van der Waals surface area contributed by atoms with Gasteiger partial charge in [0.1, 0.15) is 11.9 Å². The molecule has 22 heavy (non-hydrogen) atoms. The average molecular weight is 297 g/mol. The van der Waals surface area contributed by atoms with Crippen LogP contribution in [-0.4, -0.2) is 12.6 Å².